The van der Waals surface area contributed by atoms with Gasteiger partial charge in [0.1, 0.15) is 0 Å². The van der Waals surface area contributed by atoms with Crippen molar-refractivity contribution in [1.82, 2.24) is 4.98 Å². The Kier molecular flexibility index (Phi) is 4.45. The minimum absolute atomic E-state index is 0.103. The van der Waals surface area contributed by atoms with Crippen molar-refractivity contribution in [2.75, 3.05) is 7.11 Å². The van der Waals surface area contributed by atoms with Crippen LogP contribution in [0.2, 0.25) is 0 Å². The lowest BCUT2D eigenvalue weighted by molar-refractivity contribution is -0.139. The number of ether oxygens (including phenoxy) is 1. The Labute approximate surface area is 95.6 Å². The molecular weight excluding hydrogens is 237 g/mol. The zero-order valence-electron chi connectivity index (χ0n) is 9.04. The Bertz CT molecular complexity index is 424. The standard InChI is InChI=1S/C10H11F3N2O2/c1-17-7(16)3-5-2-6(4-14)15-10(13)8(5)9(11)12/h2,9H,3-4,14H2,1H3. The van der Waals surface area contributed by atoms with E-state index in [1.165, 1.54) is 6.07 Å². The first kappa shape index (κ1) is 13.4. The highest BCUT2D eigenvalue weighted by atomic mass is 19.3. The van der Waals surface area contributed by atoms with Gasteiger partial charge in [0.15, 0.2) is 0 Å². The lowest BCUT2D eigenvalue weighted by Gasteiger charge is -2.10. The molecule has 0 fully saturated rings. The maximum absolute atomic E-state index is 13.3. The zero-order chi connectivity index (χ0) is 13.0. The number of alkyl halides is 2. The second-order valence-corrected chi connectivity index (χ2v) is 3.23. The van der Waals surface area contributed by atoms with Crippen LogP contribution in [-0.2, 0) is 22.5 Å². The highest BCUT2D eigenvalue weighted by Crippen LogP contribution is 2.26. The summed E-state index contributed by atoms with van der Waals surface area (Å²) < 4.78 is 42.9. The number of halogens is 3. The highest BCUT2D eigenvalue weighted by molar-refractivity contribution is 5.73. The summed E-state index contributed by atoms with van der Waals surface area (Å²) in [6.45, 7) is -0.103. The molecule has 1 heterocycles. The van der Waals surface area contributed by atoms with Gasteiger partial charge < -0.3 is 10.5 Å². The summed E-state index contributed by atoms with van der Waals surface area (Å²) in [5.41, 5.74) is 4.31. The number of nitrogens with two attached hydrogens (primary N) is 1. The fourth-order valence-electron chi connectivity index (χ4n) is 1.34. The van der Waals surface area contributed by atoms with Crippen LogP contribution in [-0.4, -0.2) is 18.1 Å². The van der Waals surface area contributed by atoms with Gasteiger partial charge in [-0.2, -0.15) is 4.39 Å². The molecule has 0 radical (unpaired) electrons. The summed E-state index contributed by atoms with van der Waals surface area (Å²) >= 11 is 0. The van der Waals surface area contributed by atoms with Crippen LogP contribution in [0.5, 0.6) is 0 Å². The van der Waals surface area contributed by atoms with E-state index in [4.69, 9.17) is 5.73 Å². The van der Waals surface area contributed by atoms with E-state index in [-0.39, 0.29) is 17.8 Å². The minimum Gasteiger partial charge on any atom is -0.469 e. The molecule has 0 saturated carbocycles. The predicted octanol–water partition coefficient (Wildman–Crippen LogP) is 1.33. The molecule has 0 aliphatic heterocycles. The van der Waals surface area contributed by atoms with Gasteiger partial charge in [-0.25, -0.2) is 13.8 Å². The van der Waals surface area contributed by atoms with E-state index in [2.05, 4.69) is 9.72 Å². The molecule has 2 N–H and O–H groups in total. The van der Waals surface area contributed by atoms with E-state index in [0.29, 0.717) is 0 Å². The van der Waals surface area contributed by atoms with Crippen molar-refractivity contribution < 1.29 is 22.7 Å². The van der Waals surface area contributed by atoms with Crippen molar-refractivity contribution in [3.8, 4) is 0 Å². The molecule has 1 aromatic rings. The highest BCUT2D eigenvalue weighted by Gasteiger charge is 2.22. The van der Waals surface area contributed by atoms with Gasteiger partial charge in [0.2, 0.25) is 5.95 Å². The lowest BCUT2D eigenvalue weighted by Crippen LogP contribution is -2.12. The second kappa shape index (κ2) is 5.62. The van der Waals surface area contributed by atoms with Gasteiger partial charge in [-0.1, -0.05) is 0 Å². The third kappa shape index (κ3) is 3.16. The van der Waals surface area contributed by atoms with Crippen molar-refractivity contribution in [2.45, 2.75) is 19.4 Å². The molecule has 0 aliphatic rings. The number of hydrogen-bond acceptors (Lipinski definition) is 4. The molecule has 17 heavy (non-hydrogen) atoms. The van der Waals surface area contributed by atoms with Crippen LogP contribution in [0.3, 0.4) is 0 Å². The molecule has 0 saturated heterocycles. The molecule has 0 aliphatic carbocycles. The molecule has 0 aromatic carbocycles. The van der Waals surface area contributed by atoms with Crippen LogP contribution in [0.1, 0.15) is 23.2 Å². The molecule has 94 valence electrons. The first-order valence-electron chi connectivity index (χ1n) is 4.72. The van der Waals surface area contributed by atoms with Crippen molar-refractivity contribution in [3.05, 3.63) is 28.8 Å². The topological polar surface area (TPSA) is 65.2 Å². The minimum atomic E-state index is -3.05. The van der Waals surface area contributed by atoms with E-state index < -0.39 is 30.3 Å². The number of aromatic nitrogens is 1. The first-order chi connectivity index (χ1) is 7.99. The number of nitrogens with zero attached hydrogens (tertiary/aromatic N) is 1. The van der Waals surface area contributed by atoms with Gasteiger partial charge in [0.05, 0.1) is 24.8 Å². The van der Waals surface area contributed by atoms with Crippen LogP contribution in [0.25, 0.3) is 0 Å². The largest absolute Gasteiger partial charge is 0.469 e. The number of rotatable bonds is 4. The molecule has 0 amide bonds. The van der Waals surface area contributed by atoms with Crippen molar-refractivity contribution in [2.24, 2.45) is 5.73 Å². The number of hydrogen-bond donors (Lipinski definition) is 1. The molecule has 0 spiro atoms. The van der Waals surface area contributed by atoms with E-state index in [0.717, 1.165) is 7.11 Å². The molecule has 4 nitrogen and oxygen atoms in total. The third-order valence-electron chi connectivity index (χ3n) is 2.14. The molecule has 0 unspecified atom stereocenters. The fourth-order valence-corrected chi connectivity index (χ4v) is 1.34. The van der Waals surface area contributed by atoms with E-state index in [1.54, 1.807) is 0 Å². The Morgan fingerprint density at radius 2 is 2.24 bits per heavy atom. The zero-order valence-corrected chi connectivity index (χ0v) is 9.04. The summed E-state index contributed by atoms with van der Waals surface area (Å²) in [6.07, 6.45) is -3.49. The average molecular weight is 248 g/mol. The maximum Gasteiger partial charge on any atom is 0.309 e. The van der Waals surface area contributed by atoms with Crippen LogP contribution < -0.4 is 5.73 Å². The normalized spacial score (nSPS) is 10.7. The molecule has 1 rings (SSSR count). The monoisotopic (exact) mass is 248 g/mol. The summed E-state index contributed by atoms with van der Waals surface area (Å²) in [5, 5.41) is 0. The number of carbonyl (C=O) groups excluding carboxylic acids is 1. The SMILES string of the molecule is COC(=O)Cc1cc(CN)nc(F)c1C(F)F. The molecule has 1 aromatic heterocycles. The van der Waals surface area contributed by atoms with Gasteiger partial charge in [-0.15, -0.1) is 0 Å². The fraction of sp³-hybridized carbons (Fsp3) is 0.400. The predicted molar refractivity (Wildman–Crippen MR) is 52.8 cm³/mol. The lowest BCUT2D eigenvalue weighted by atomic mass is 10.1. The number of methoxy groups -OCH3 is 1. The van der Waals surface area contributed by atoms with Gasteiger partial charge in [-0.3, -0.25) is 4.79 Å². The first-order valence-corrected chi connectivity index (χ1v) is 4.72. The Hall–Kier alpha value is -1.63. The summed E-state index contributed by atoms with van der Waals surface area (Å²) in [6, 6.07) is 1.18. The van der Waals surface area contributed by atoms with Gasteiger partial charge in [0, 0.05) is 6.54 Å². The maximum atomic E-state index is 13.3. The van der Waals surface area contributed by atoms with Crippen molar-refractivity contribution in [1.29, 1.82) is 0 Å². The Balaban J connectivity index is 3.22. The van der Waals surface area contributed by atoms with E-state index in [9.17, 15) is 18.0 Å². The smallest absolute Gasteiger partial charge is 0.309 e. The quantitative estimate of drug-likeness (QED) is 0.645. The molecule has 0 bridgehead atoms. The van der Waals surface area contributed by atoms with Gasteiger partial charge in [0.25, 0.3) is 6.43 Å². The van der Waals surface area contributed by atoms with Crippen molar-refractivity contribution >= 4 is 5.97 Å². The third-order valence-corrected chi connectivity index (χ3v) is 2.14. The average Bonchev–Trinajstić information content (AvgIpc) is 2.27. The molecular formula is C10H11F3N2O2. The van der Waals surface area contributed by atoms with Crippen molar-refractivity contribution in [3.63, 3.8) is 0 Å². The summed E-state index contributed by atoms with van der Waals surface area (Å²) in [4.78, 5) is 14.3. The number of pyridine rings is 1. The van der Waals surface area contributed by atoms with Crippen LogP contribution >= 0.6 is 0 Å². The summed E-state index contributed by atoms with van der Waals surface area (Å²) in [5.74, 6) is -2.04. The number of esters is 1. The Morgan fingerprint density at radius 3 is 2.71 bits per heavy atom. The Morgan fingerprint density at radius 1 is 1.59 bits per heavy atom. The van der Waals surface area contributed by atoms with Crippen LogP contribution in [0.15, 0.2) is 6.07 Å². The van der Waals surface area contributed by atoms with Crippen LogP contribution in [0.4, 0.5) is 13.2 Å². The second-order valence-electron chi connectivity index (χ2n) is 3.23. The van der Waals surface area contributed by atoms with E-state index >= 15 is 0 Å². The van der Waals surface area contributed by atoms with Gasteiger partial charge >= 0.3 is 5.97 Å². The number of carbonyl (C=O) groups is 1. The van der Waals surface area contributed by atoms with Crippen LogP contribution in [0, 0.1) is 5.95 Å². The summed E-state index contributed by atoms with van der Waals surface area (Å²) in [7, 11) is 1.12. The van der Waals surface area contributed by atoms with Gasteiger partial charge in [-0.05, 0) is 11.6 Å². The molecule has 0 atom stereocenters. The van der Waals surface area contributed by atoms with E-state index in [1.807, 2.05) is 0 Å². The molecule has 7 heteroatoms.